The Morgan fingerprint density at radius 3 is 2.38 bits per heavy atom. The maximum atomic E-state index is 13.8. The highest BCUT2D eigenvalue weighted by molar-refractivity contribution is 6.01. The number of carbonyl (C=O) groups is 4. The number of carboxylic acids is 1. The fraction of sp³-hybridized carbons (Fsp3) is 0.241. The van der Waals surface area contributed by atoms with E-state index >= 15 is 0 Å². The highest BCUT2D eigenvalue weighted by Gasteiger charge is 2.44. The summed E-state index contributed by atoms with van der Waals surface area (Å²) in [5.41, 5.74) is 1.56. The molecule has 3 aromatic carbocycles. The van der Waals surface area contributed by atoms with Crippen LogP contribution in [0.5, 0.6) is 5.75 Å². The number of carbonyl (C=O) groups excluding carboxylic acids is 3. The molecule has 2 unspecified atom stereocenters. The molecule has 4 amide bonds. The van der Waals surface area contributed by atoms with Crippen molar-refractivity contribution in [2.75, 3.05) is 25.5 Å². The average molecular weight is 576 g/mol. The zero-order valence-corrected chi connectivity index (χ0v) is 22.9. The van der Waals surface area contributed by atoms with Crippen LogP contribution in [0.25, 0.3) is 0 Å². The van der Waals surface area contributed by atoms with Crippen molar-refractivity contribution in [3.05, 3.63) is 99.6 Å². The van der Waals surface area contributed by atoms with Crippen LogP contribution in [-0.4, -0.2) is 70.0 Å². The number of nitrogens with zero attached hydrogens (tertiary/aromatic N) is 3. The first-order valence-corrected chi connectivity index (χ1v) is 12.9. The van der Waals surface area contributed by atoms with E-state index in [1.54, 1.807) is 42.5 Å². The van der Waals surface area contributed by atoms with Crippen molar-refractivity contribution in [1.29, 1.82) is 0 Å². The number of non-ortho nitro benzene ring substituents is 1. The second-order valence-corrected chi connectivity index (χ2v) is 9.60. The van der Waals surface area contributed by atoms with E-state index in [1.807, 2.05) is 6.92 Å². The Morgan fingerprint density at radius 2 is 1.71 bits per heavy atom. The first-order chi connectivity index (χ1) is 20.1. The van der Waals surface area contributed by atoms with Crippen LogP contribution >= 0.6 is 0 Å². The number of ether oxygens (including phenoxy) is 1. The number of nitro groups is 1. The molecule has 0 bridgehead atoms. The standard InChI is InChI=1S/C29H29N5O8/c1-18-9-11-21(12-10-18)30-29(39)33-14-13-32(28(38)20-6-4-8-23(16-20)42-2)27(33)26(37)31-24(17-25(35)36)19-5-3-7-22(15-19)34(40)41/h3-12,15-16,24,27H,13-14,17H2,1-2H3,(H,30,39)(H,31,37)(H,35,36). The summed E-state index contributed by atoms with van der Waals surface area (Å²) < 4.78 is 5.21. The predicted molar refractivity (Wildman–Crippen MR) is 151 cm³/mol. The van der Waals surface area contributed by atoms with Crippen LogP contribution in [0.15, 0.2) is 72.8 Å². The summed E-state index contributed by atoms with van der Waals surface area (Å²) in [5, 5.41) is 26.2. The number of nitrogens with one attached hydrogen (secondary N) is 2. The molecule has 0 aromatic heterocycles. The molecule has 0 aliphatic carbocycles. The molecule has 13 nitrogen and oxygen atoms in total. The average Bonchev–Trinajstić information content (AvgIpc) is 3.43. The van der Waals surface area contributed by atoms with Gasteiger partial charge < -0.3 is 25.4 Å². The van der Waals surface area contributed by atoms with Crippen LogP contribution in [0, 0.1) is 17.0 Å². The van der Waals surface area contributed by atoms with E-state index in [2.05, 4.69) is 10.6 Å². The number of benzene rings is 3. The van der Waals surface area contributed by atoms with Crippen molar-refractivity contribution in [1.82, 2.24) is 15.1 Å². The summed E-state index contributed by atoms with van der Waals surface area (Å²) in [6.07, 6.45) is -2.05. The number of rotatable bonds is 9. The van der Waals surface area contributed by atoms with E-state index in [-0.39, 0.29) is 29.9 Å². The van der Waals surface area contributed by atoms with E-state index in [9.17, 15) is 34.4 Å². The summed E-state index contributed by atoms with van der Waals surface area (Å²) >= 11 is 0. The molecule has 218 valence electrons. The monoisotopic (exact) mass is 575 g/mol. The lowest BCUT2D eigenvalue weighted by Gasteiger charge is -2.31. The van der Waals surface area contributed by atoms with Gasteiger partial charge in [0.25, 0.3) is 17.5 Å². The Hall–Kier alpha value is -5.46. The molecular formula is C29H29N5O8. The molecule has 3 aromatic rings. The molecule has 0 saturated carbocycles. The molecule has 1 aliphatic heterocycles. The van der Waals surface area contributed by atoms with E-state index < -0.39 is 47.4 Å². The van der Waals surface area contributed by atoms with E-state index in [0.717, 1.165) is 5.56 Å². The normalized spacial score (nSPS) is 15.0. The molecule has 1 heterocycles. The minimum atomic E-state index is -1.45. The van der Waals surface area contributed by atoms with Gasteiger partial charge in [-0.2, -0.15) is 0 Å². The largest absolute Gasteiger partial charge is 0.497 e. The van der Waals surface area contributed by atoms with Gasteiger partial charge in [-0.1, -0.05) is 35.9 Å². The first kappa shape index (κ1) is 29.5. The van der Waals surface area contributed by atoms with Gasteiger partial charge in [0.2, 0.25) is 0 Å². The molecular weight excluding hydrogens is 546 g/mol. The third kappa shape index (κ3) is 6.81. The lowest BCUT2D eigenvalue weighted by atomic mass is 10.0. The summed E-state index contributed by atoms with van der Waals surface area (Å²) in [6, 6.07) is 16.7. The summed E-state index contributed by atoms with van der Waals surface area (Å²) in [6.45, 7) is 1.91. The molecule has 3 N–H and O–H groups in total. The molecule has 0 spiro atoms. The Kier molecular flexibility index (Phi) is 9.00. The van der Waals surface area contributed by atoms with Crippen molar-refractivity contribution in [2.24, 2.45) is 0 Å². The number of nitro benzene ring substituents is 1. The Labute approximate surface area is 240 Å². The number of urea groups is 1. The van der Waals surface area contributed by atoms with Crippen LogP contribution in [-0.2, 0) is 9.59 Å². The fourth-order valence-corrected chi connectivity index (χ4v) is 4.62. The summed E-state index contributed by atoms with van der Waals surface area (Å²) in [7, 11) is 1.45. The number of amides is 4. The third-order valence-corrected chi connectivity index (χ3v) is 6.73. The number of anilines is 1. The number of aryl methyl sites for hydroxylation is 1. The summed E-state index contributed by atoms with van der Waals surface area (Å²) in [4.78, 5) is 65.6. The molecule has 13 heteroatoms. The number of carboxylic acid groups (broad SMARTS) is 1. The van der Waals surface area contributed by atoms with Gasteiger partial charge in [0.15, 0.2) is 6.17 Å². The van der Waals surface area contributed by atoms with Crippen molar-refractivity contribution in [3.8, 4) is 5.75 Å². The molecule has 2 atom stereocenters. The molecule has 1 aliphatic rings. The van der Waals surface area contributed by atoms with E-state index in [4.69, 9.17) is 4.74 Å². The van der Waals surface area contributed by atoms with Gasteiger partial charge in [0.05, 0.1) is 24.5 Å². The topological polar surface area (TPSA) is 171 Å². The van der Waals surface area contributed by atoms with E-state index in [0.29, 0.717) is 11.4 Å². The van der Waals surface area contributed by atoms with Crippen LogP contribution < -0.4 is 15.4 Å². The van der Waals surface area contributed by atoms with Crippen molar-refractivity contribution < 1.29 is 33.9 Å². The smallest absolute Gasteiger partial charge is 0.323 e. The maximum Gasteiger partial charge on any atom is 0.323 e. The van der Waals surface area contributed by atoms with Crippen LogP contribution in [0.1, 0.15) is 33.9 Å². The summed E-state index contributed by atoms with van der Waals surface area (Å²) in [5.74, 6) is -2.23. The molecule has 1 fully saturated rings. The predicted octanol–water partition coefficient (Wildman–Crippen LogP) is 3.56. The number of methoxy groups -OCH3 is 1. The van der Waals surface area contributed by atoms with Crippen molar-refractivity contribution in [3.63, 3.8) is 0 Å². The highest BCUT2D eigenvalue weighted by atomic mass is 16.6. The molecule has 0 radical (unpaired) electrons. The van der Waals surface area contributed by atoms with Crippen LogP contribution in [0.4, 0.5) is 16.2 Å². The van der Waals surface area contributed by atoms with Gasteiger partial charge in [0, 0.05) is 36.5 Å². The molecule has 4 rings (SSSR count). The third-order valence-electron chi connectivity index (χ3n) is 6.73. The van der Waals surface area contributed by atoms with E-state index in [1.165, 1.54) is 47.2 Å². The highest BCUT2D eigenvalue weighted by Crippen LogP contribution is 2.26. The molecule has 1 saturated heterocycles. The van der Waals surface area contributed by atoms with Gasteiger partial charge in [-0.3, -0.25) is 29.4 Å². The Bertz CT molecular complexity index is 1510. The minimum Gasteiger partial charge on any atom is -0.497 e. The Balaban J connectivity index is 1.67. The van der Waals surface area contributed by atoms with Gasteiger partial charge >= 0.3 is 12.0 Å². The number of hydrogen-bond donors (Lipinski definition) is 3. The van der Waals surface area contributed by atoms with Gasteiger partial charge in [-0.15, -0.1) is 0 Å². The number of aliphatic carboxylic acids is 1. The van der Waals surface area contributed by atoms with Crippen molar-refractivity contribution in [2.45, 2.75) is 25.6 Å². The first-order valence-electron chi connectivity index (χ1n) is 12.9. The molecule has 42 heavy (non-hydrogen) atoms. The van der Waals surface area contributed by atoms with Crippen molar-refractivity contribution >= 4 is 35.2 Å². The van der Waals surface area contributed by atoms with Gasteiger partial charge in [0.1, 0.15) is 5.75 Å². The number of hydrogen-bond acceptors (Lipinski definition) is 7. The zero-order valence-electron chi connectivity index (χ0n) is 22.9. The second-order valence-electron chi connectivity index (χ2n) is 9.60. The quantitative estimate of drug-likeness (QED) is 0.257. The lowest BCUT2D eigenvalue weighted by molar-refractivity contribution is -0.384. The van der Waals surface area contributed by atoms with Gasteiger partial charge in [-0.25, -0.2) is 4.79 Å². The SMILES string of the molecule is COc1cccc(C(=O)N2CCN(C(=O)Nc3ccc(C)cc3)C2C(=O)NC(CC(=O)O)c2cccc([N+](=O)[O-])c2)c1. The Morgan fingerprint density at radius 1 is 1.02 bits per heavy atom. The zero-order chi connectivity index (χ0) is 30.4. The van der Waals surface area contributed by atoms with Gasteiger partial charge in [-0.05, 0) is 42.8 Å². The minimum absolute atomic E-state index is 0.00585. The lowest BCUT2D eigenvalue weighted by Crippen LogP contribution is -2.55. The van der Waals surface area contributed by atoms with Crippen LogP contribution in [0.3, 0.4) is 0 Å². The van der Waals surface area contributed by atoms with Crippen LogP contribution in [0.2, 0.25) is 0 Å². The second kappa shape index (κ2) is 12.8. The fourth-order valence-electron chi connectivity index (χ4n) is 4.62. The maximum absolute atomic E-state index is 13.8.